The number of aromatic amines is 2. The van der Waals surface area contributed by atoms with E-state index in [4.69, 9.17) is 4.74 Å². The molecule has 2 rings (SSSR count). The number of carbonyl (C=O) groups excluding carboxylic acids is 1. The van der Waals surface area contributed by atoms with Crippen LogP contribution in [0.25, 0.3) is 0 Å². The Balaban J connectivity index is 1.99. The van der Waals surface area contributed by atoms with Gasteiger partial charge in [0.15, 0.2) is 5.03 Å². The molecule has 0 saturated heterocycles. The predicted octanol–water partition coefficient (Wildman–Crippen LogP) is 0.588. The number of H-pyrrole nitrogens is 2. The van der Waals surface area contributed by atoms with Crippen molar-refractivity contribution in [3.63, 3.8) is 0 Å². The fourth-order valence-corrected chi connectivity index (χ4v) is 2.24. The van der Waals surface area contributed by atoms with Crippen LogP contribution in [0.15, 0.2) is 38.9 Å². The van der Waals surface area contributed by atoms with E-state index in [9.17, 15) is 14.4 Å². The zero-order valence-corrected chi connectivity index (χ0v) is 12.5. The molecule has 9 heteroatoms. The van der Waals surface area contributed by atoms with E-state index in [-0.39, 0.29) is 16.7 Å². The van der Waals surface area contributed by atoms with Crippen LogP contribution in [0, 0.1) is 0 Å². The SMILES string of the molecule is CCOc1ccccc1NC(=O)CSc1n[nH]c(=O)[nH]c1=O. The number of para-hydroxylation sites is 2. The molecule has 22 heavy (non-hydrogen) atoms. The van der Waals surface area contributed by atoms with Gasteiger partial charge in [-0.2, -0.15) is 5.10 Å². The van der Waals surface area contributed by atoms with E-state index >= 15 is 0 Å². The Morgan fingerprint density at radius 1 is 1.36 bits per heavy atom. The van der Waals surface area contributed by atoms with Crippen LogP contribution < -0.4 is 21.3 Å². The van der Waals surface area contributed by atoms with E-state index < -0.39 is 11.2 Å². The lowest BCUT2D eigenvalue weighted by atomic mass is 10.3. The molecule has 1 aromatic carbocycles. The van der Waals surface area contributed by atoms with E-state index in [0.29, 0.717) is 18.0 Å². The highest BCUT2D eigenvalue weighted by molar-refractivity contribution is 7.99. The Labute approximate surface area is 129 Å². The molecule has 0 fully saturated rings. The molecule has 0 bridgehead atoms. The van der Waals surface area contributed by atoms with E-state index in [0.717, 1.165) is 11.8 Å². The molecule has 0 radical (unpaired) electrons. The molecule has 0 unspecified atom stereocenters. The van der Waals surface area contributed by atoms with Crippen molar-refractivity contribution in [2.45, 2.75) is 11.9 Å². The second kappa shape index (κ2) is 7.46. The number of amides is 1. The molecule has 3 N–H and O–H groups in total. The molecule has 1 heterocycles. The van der Waals surface area contributed by atoms with Gasteiger partial charge in [0.25, 0.3) is 5.56 Å². The first-order valence-electron chi connectivity index (χ1n) is 6.43. The Hall–Kier alpha value is -2.55. The maximum Gasteiger partial charge on any atom is 0.342 e. The van der Waals surface area contributed by atoms with Crippen molar-refractivity contribution in [2.24, 2.45) is 0 Å². The Kier molecular flexibility index (Phi) is 5.37. The molecule has 2 aromatic rings. The van der Waals surface area contributed by atoms with Gasteiger partial charge >= 0.3 is 5.69 Å². The van der Waals surface area contributed by atoms with Gasteiger partial charge in [0.2, 0.25) is 5.91 Å². The van der Waals surface area contributed by atoms with Crippen molar-refractivity contribution in [3.05, 3.63) is 45.1 Å². The number of thioether (sulfide) groups is 1. The number of anilines is 1. The summed E-state index contributed by atoms with van der Waals surface area (Å²) >= 11 is 0.924. The fourth-order valence-electron chi connectivity index (χ4n) is 1.61. The normalized spacial score (nSPS) is 10.2. The topological polar surface area (TPSA) is 117 Å². The first kappa shape index (κ1) is 15.8. The van der Waals surface area contributed by atoms with Gasteiger partial charge in [0.1, 0.15) is 5.75 Å². The second-order valence-corrected chi connectivity index (χ2v) is 5.04. The van der Waals surface area contributed by atoms with Gasteiger partial charge in [-0.05, 0) is 19.1 Å². The summed E-state index contributed by atoms with van der Waals surface area (Å²) < 4.78 is 5.40. The molecule has 0 atom stereocenters. The van der Waals surface area contributed by atoms with Gasteiger partial charge in [0.05, 0.1) is 18.0 Å². The van der Waals surface area contributed by atoms with Gasteiger partial charge in [-0.15, -0.1) is 0 Å². The van der Waals surface area contributed by atoms with Gasteiger partial charge in [0, 0.05) is 0 Å². The van der Waals surface area contributed by atoms with Crippen LogP contribution in [-0.2, 0) is 4.79 Å². The molecule has 116 valence electrons. The maximum absolute atomic E-state index is 11.9. The van der Waals surface area contributed by atoms with E-state index in [1.807, 2.05) is 11.9 Å². The molecule has 0 aliphatic heterocycles. The third-order valence-corrected chi connectivity index (χ3v) is 3.44. The lowest BCUT2D eigenvalue weighted by molar-refractivity contribution is -0.113. The molecular formula is C13H14N4O4S. The van der Waals surface area contributed by atoms with Crippen LogP contribution in [-0.4, -0.2) is 33.4 Å². The summed E-state index contributed by atoms with van der Waals surface area (Å²) in [4.78, 5) is 36.2. The van der Waals surface area contributed by atoms with Crippen molar-refractivity contribution in [2.75, 3.05) is 17.7 Å². The summed E-state index contributed by atoms with van der Waals surface area (Å²) in [6.45, 7) is 2.33. The molecule has 0 spiro atoms. The smallest absolute Gasteiger partial charge is 0.342 e. The minimum atomic E-state index is -0.690. The van der Waals surface area contributed by atoms with Crippen LogP contribution in [0.2, 0.25) is 0 Å². The van der Waals surface area contributed by atoms with Crippen molar-refractivity contribution < 1.29 is 9.53 Å². The number of hydrogen-bond acceptors (Lipinski definition) is 6. The average Bonchev–Trinajstić information content (AvgIpc) is 2.48. The highest BCUT2D eigenvalue weighted by Gasteiger charge is 2.10. The second-order valence-electron chi connectivity index (χ2n) is 4.08. The third kappa shape index (κ3) is 4.22. The van der Waals surface area contributed by atoms with Crippen LogP contribution in [0.5, 0.6) is 5.75 Å². The van der Waals surface area contributed by atoms with Crippen LogP contribution in [0.4, 0.5) is 5.69 Å². The van der Waals surface area contributed by atoms with Crippen molar-refractivity contribution in [1.29, 1.82) is 0 Å². The summed E-state index contributed by atoms with van der Waals surface area (Å²) in [7, 11) is 0. The lowest BCUT2D eigenvalue weighted by Gasteiger charge is -2.10. The number of aromatic nitrogens is 3. The summed E-state index contributed by atoms with van der Waals surface area (Å²) in [5.74, 6) is 0.232. The zero-order valence-electron chi connectivity index (χ0n) is 11.7. The van der Waals surface area contributed by atoms with Crippen LogP contribution in [0.1, 0.15) is 6.92 Å². The number of rotatable bonds is 6. The van der Waals surface area contributed by atoms with E-state index in [1.165, 1.54) is 0 Å². The van der Waals surface area contributed by atoms with Gasteiger partial charge in [-0.1, -0.05) is 23.9 Å². The average molecular weight is 322 g/mol. The highest BCUT2D eigenvalue weighted by atomic mass is 32.2. The molecule has 8 nitrogen and oxygen atoms in total. The molecule has 1 amide bonds. The van der Waals surface area contributed by atoms with Gasteiger partial charge < -0.3 is 10.1 Å². The number of nitrogens with one attached hydrogen (secondary N) is 3. The number of hydrogen-bond donors (Lipinski definition) is 3. The van der Waals surface area contributed by atoms with Crippen molar-refractivity contribution in [1.82, 2.24) is 15.2 Å². The Morgan fingerprint density at radius 3 is 2.86 bits per heavy atom. The molecule has 0 saturated carbocycles. The monoisotopic (exact) mass is 322 g/mol. The molecule has 0 aliphatic rings. The maximum atomic E-state index is 11.9. The summed E-state index contributed by atoms with van der Waals surface area (Å²) in [5, 5.41) is 8.41. The highest BCUT2D eigenvalue weighted by Crippen LogP contribution is 2.24. The standard InChI is InChI=1S/C13H14N4O4S/c1-2-21-9-6-4-3-5-8(9)14-10(18)7-22-12-11(19)15-13(20)17-16-12/h3-6H,2,7H2,1H3,(H,14,18)(H2,15,17,19,20). The molecule has 0 aliphatic carbocycles. The first-order chi connectivity index (χ1) is 10.6. The summed E-state index contributed by atoms with van der Waals surface area (Å²) in [6, 6.07) is 7.05. The predicted molar refractivity (Wildman–Crippen MR) is 82.4 cm³/mol. The Bertz CT molecular complexity index is 771. The quantitative estimate of drug-likeness (QED) is 0.670. The first-order valence-corrected chi connectivity index (χ1v) is 7.42. The number of ether oxygens (including phenoxy) is 1. The minimum absolute atomic E-state index is 0.0212. The summed E-state index contributed by atoms with van der Waals surface area (Å²) in [5.41, 5.74) is -0.765. The number of nitrogens with zero attached hydrogens (tertiary/aromatic N) is 1. The number of benzene rings is 1. The third-order valence-electron chi connectivity index (χ3n) is 2.48. The number of carbonyl (C=O) groups is 1. The molecular weight excluding hydrogens is 308 g/mol. The lowest BCUT2D eigenvalue weighted by Crippen LogP contribution is -2.25. The van der Waals surface area contributed by atoms with Crippen molar-refractivity contribution >= 4 is 23.4 Å². The zero-order chi connectivity index (χ0) is 15.9. The largest absolute Gasteiger partial charge is 0.492 e. The van der Waals surface area contributed by atoms with Crippen molar-refractivity contribution in [3.8, 4) is 5.75 Å². The fraction of sp³-hybridized carbons (Fsp3) is 0.231. The Morgan fingerprint density at radius 2 is 2.14 bits per heavy atom. The van der Waals surface area contributed by atoms with Gasteiger partial charge in [-0.25, -0.2) is 9.89 Å². The van der Waals surface area contributed by atoms with Crippen LogP contribution >= 0.6 is 11.8 Å². The van der Waals surface area contributed by atoms with E-state index in [1.54, 1.807) is 24.3 Å². The summed E-state index contributed by atoms with van der Waals surface area (Å²) in [6.07, 6.45) is 0. The van der Waals surface area contributed by atoms with E-state index in [2.05, 4.69) is 15.5 Å². The van der Waals surface area contributed by atoms with Crippen LogP contribution in [0.3, 0.4) is 0 Å². The molecule has 1 aromatic heterocycles. The van der Waals surface area contributed by atoms with Gasteiger partial charge in [-0.3, -0.25) is 14.6 Å². The minimum Gasteiger partial charge on any atom is -0.492 e.